The quantitative estimate of drug-likeness (QED) is 0.498. The zero-order valence-electron chi connectivity index (χ0n) is 10.1. The Bertz CT molecular complexity index is 438. The minimum atomic E-state index is -2.20. The van der Waals surface area contributed by atoms with E-state index in [4.69, 9.17) is 5.11 Å². The van der Waals surface area contributed by atoms with Crippen molar-refractivity contribution in [2.24, 2.45) is 0 Å². The van der Waals surface area contributed by atoms with Crippen LogP contribution in [0.5, 0.6) is 0 Å². The van der Waals surface area contributed by atoms with Gasteiger partial charge in [0.2, 0.25) is 5.82 Å². The lowest BCUT2D eigenvalue weighted by Gasteiger charge is -2.23. The summed E-state index contributed by atoms with van der Waals surface area (Å²) in [6, 6.07) is -0.687. The summed E-state index contributed by atoms with van der Waals surface area (Å²) >= 11 is 1.20. The van der Waals surface area contributed by atoms with Gasteiger partial charge in [-0.15, -0.1) is 0 Å². The Morgan fingerprint density at radius 1 is 1.00 bits per heavy atom. The Balaban J connectivity index is 3.15. The summed E-state index contributed by atoms with van der Waals surface area (Å²) in [5.74, 6) is -10.0. The molecule has 19 heavy (non-hydrogen) atoms. The molecule has 0 spiro atoms. The van der Waals surface area contributed by atoms with Gasteiger partial charge in [-0.2, -0.15) is 11.8 Å². The average molecular weight is 301 g/mol. The normalized spacial score (nSPS) is 14.3. The summed E-state index contributed by atoms with van der Waals surface area (Å²) in [5, 5.41) is 10.8. The summed E-state index contributed by atoms with van der Waals surface area (Å²) in [6.07, 6.45) is 1.65. The molecule has 2 nitrogen and oxygen atoms in total. The van der Waals surface area contributed by atoms with Gasteiger partial charge in [-0.25, -0.2) is 22.0 Å². The summed E-state index contributed by atoms with van der Waals surface area (Å²) in [6.45, 7) is 1.17. The molecule has 1 aromatic carbocycles. The van der Waals surface area contributed by atoms with Gasteiger partial charge >= 0.3 is 0 Å². The number of thioether (sulfide) groups is 1. The van der Waals surface area contributed by atoms with E-state index in [0.29, 0.717) is 0 Å². The van der Waals surface area contributed by atoms with E-state index in [9.17, 15) is 22.0 Å². The van der Waals surface area contributed by atoms with E-state index in [0.717, 1.165) is 0 Å². The third-order valence-corrected chi connectivity index (χ3v) is 3.79. The molecule has 1 aromatic rings. The molecule has 108 valence electrons. The lowest BCUT2D eigenvalue weighted by atomic mass is 10.2. The molecule has 0 aliphatic rings. The summed E-state index contributed by atoms with van der Waals surface area (Å²) in [4.78, 5) is 0. The Labute approximate surface area is 111 Å². The average Bonchev–Trinajstić information content (AvgIpc) is 2.40. The first kappa shape index (κ1) is 16.0. The van der Waals surface area contributed by atoms with Crippen molar-refractivity contribution in [2.75, 3.05) is 18.2 Å². The number of anilines is 1. The van der Waals surface area contributed by atoms with Gasteiger partial charge in [0.1, 0.15) is 5.69 Å². The van der Waals surface area contributed by atoms with Crippen LogP contribution in [0.25, 0.3) is 0 Å². The summed E-state index contributed by atoms with van der Waals surface area (Å²) in [7, 11) is 0. The van der Waals surface area contributed by atoms with Crippen LogP contribution >= 0.6 is 11.8 Å². The van der Waals surface area contributed by atoms with Gasteiger partial charge in [0.25, 0.3) is 0 Å². The lowest BCUT2D eigenvalue weighted by molar-refractivity contribution is 0.288. The van der Waals surface area contributed by atoms with E-state index < -0.39 is 46.1 Å². The number of hydrogen-bond acceptors (Lipinski definition) is 3. The molecule has 0 radical (unpaired) electrons. The van der Waals surface area contributed by atoms with Crippen LogP contribution in [0.15, 0.2) is 0 Å². The van der Waals surface area contributed by atoms with E-state index in [1.807, 2.05) is 0 Å². The Morgan fingerprint density at radius 2 is 1.42 bits per heavy atom. The zero-order valence-corrected chi connectivity index (χ0v) is 10.9. The van der Waals surface area contributed by atoms with Gasteiger partial charge < -0.3 is 10.4 Å². The zero-order chi connectivity index (χ0) is 14.7. The van der Waals surface area contributed by atoms with Crippen LogP contribution in [0.1, 0.15) is 6.92 Å². The molecule has 0 fully saturated rings. The first-order chi connectivity index (χ1) is 8.84. The summed E-state index contributed by atoms with van der Waals surface area (Å²) in [5.41, 5.74) is -1.09. The highest BCUT2D eigenvalue weighted by molar-refractivity contribution is 7.99. The molecule has 1 rings (SSSR count). The molecule has 2 atom stereocenters. The van der Waals surface area contributed by atoms with Crippen molar-refractivity contribution >= 4 is 17.4 Å². The van der Waals surface area contributed by atoms with Gasteiger partial charge in [-0.1, -0.05) is 0 Å². The minimum absolute atomic E-state index is 0.301. The fourth-order valence-electron chi connectivity index (χ4n) is 1.49. The number of hydrogen-bond donors (Lipinski definition) is 2. The molecule has 0 aliphatic heterocycles. The molecule has 0 aliphatic carbocycles. The fourth-order valence-corrected chi connectivity index (χ4v) is 2.11. The predicted octanol–water partition coefficient (Wildman–Crippen LogP) is 2.91. The number of halogens is 5. The van der Waals surface area contributed by atoms with E-state index in [1.165, 1.54) is 18.7 Å². The van der Waals surface area contributed by atoms with Crippen LogP contribution in [0, 0.1) is 29.1 Å². The van der Waals surface area contributed by atoms with Crippen LogP contribution in [0.2, 0.25) is 0 Å². The molecule has 2 unspecified atom stereocenters. The molecular formula is C11H12F5NOS. The van der Waals surface area contributed by atoms with Crippen molar-refractivity contribution in [1.29, 1.82) is 0 Å². The number of benzene rings is 1. The number of aliphatic hydroxyl groups is 1. The Hall–Kier alpha value is -1.02. The highest BCUT2D eigenvalue weighted by atomic mass is 32.2. The van der Waals surface area contributed by atoms with Gasteiger partial charge in [0.15, 0.2) is 23.3 Å². The van der Waals surface area contributed by atoms with Crippen LogP contribution in [0.4, 0.5) is 27.6 Å². The maximum Gasteiger partial charge on any atom is 0.200 e. The van der Waals surface area contributed by atoms with Gasteiger partial charge in [-0.05, 0) is 13.2 Å². The topological polar surface area (TPSA) is 32.3 Å². The first-order valence-electron chi connectivity index (χ1n) is 5.26. The predicted molar refractivity (Wildman–Crippen MR) is 63.7 cm³/mol. The van der Waals surface area contributed by atoms with Crippen molar-refractivity contribution in [3.8, 4) is 0 Å². The largest absolute Gasteiger partial charge is 0.395 e. The molecule has 2 N–H and O–H groups in total. The number of nitrogens with one attached hydrogen (secondary N) is 1. The summed E-state index contributed by atoms with van der Waals surface area (Å²) < 4.78 is 65.5. The van der Waals surface area contributed by atoms with Gasteiger partial charge in [0, 0.05) is 11.3 Å². The third kappa shape index (κ3) is 3.11. The van der Waals surface area contributed by atoms with Crippen molar-refractivity contribution in [3.63, 3.8) is 0 Å². The molecule has 0 bridgehead atoms. The number of rotatable bonds is 5. The molecule has 8 heteroatoms. The second-order valence-electron chi connectivity index (χ2n) is 3.83. The Kier molecular flexibility index (Phi) is 5.42. The van der Waals surface area contributed by atoms with Crippen LogP contribution in [-0.4, -0.2) is 29.3 Å². The van der Waals surface area contributed by atoms with E-state index >= 15 is 0 Å². The van der Waals surface area contributed by atoms with E-state index in [-0.39, 0.29) is 6.61 Å². The second-order valence-corrected chi connectivity index (χ2v) is 4.91. The molecule has 0 saturated heterocycles. The maximum atomic E-state index is 13.4. The molecular weight excluding hydrogens is 289 g/mol. The SMILES string of the molecule is CSC(CO)C(C)Nc1c(F)c(F)c(F)c(F)c1F. The number of aliphatic hydroxyl groups excluding tert-OH is 1. The van der Waals surface area contributed by atoms with Crippen LogP contribution in [0.3, 0.4) is 0 Å². The lowest BCUT2D eigenvalue weighted by Crippen LogP contribution is -2.32. The highest BCUT2D eigenvalue weighted by Crippen LogP contribution is 2.28. The standard InChI is InChI=1S/C11H12F5NOS/c1-4(5(3-18)19-2)17-11-9(15)7(13)6(12)8(14)10(11)16/h4-5,17-18H,3H2,1-2H3. The van der Waals surface area contributed by atoms with E-state index in [1.54, 1.807) is 6.26 Å². The van der Waals surface area contributed by atoms with E-state index in [2.05, 4.69) is 5.32 Å². The third-order valence-electron chi connectivity index (χ3n) is 2.62. The van der Waals surface area contributed by atoms with Gasteiger partial charge in [0.05, 0.1) is 6.61 Å². The minimum Gasteiger partial charge on any atom is -0.395 e. The highest BCUT2D eigenvalue weighted by Gasteiger charge is 2.27. The van der Waals surface area contributed by atoms with Gasteiger partial charge in [-0.3, -0.25) is 0 Å². The molecule has 0 saturated carbocycles. The van der Waals surface area contributed by atoms with Crippen molar-refractivity contribution in [1.82, 2.24) is 0 Å². The van der Waals surface area contributed by atoms with Crippen molar-refractivity contribution < 1.29 is 27.1 Å². The molecule has 0 aromatic heterocycles. The Morgan fingerprint density at radius 3 is 1.79 bits per heavy atom. The smallest absolute Gasteiger partial charge is 0.200 e. The fraction of sp³-hybridized carbons (Fsp3) is 0.455. The van der Waals surface area contributed by atoms with Crippen LogP contribution < -0.4 is 5.32 Å². The monoisotopic (exact) mass is 301 g/mol. The van der Waals surface area contributed by atoms with Crippen molar-refractivity contribution in [3.05, 3.63) is 29.1 Å². The van der Waals surface area contributed by atoms with Crippen molar-refractivity contribution in [2.45, 2.75) is 18.2 Å². The first-order valence-corrected chi connectivity index (χ1v) is 6.55. The molecule has 0 heterocycles. The maximum absolute atomic E-state index is 13.4. The van der Waals surface area contributed by atoms with Crippen LogP contribution in [-0.2, 0) is 0 Å². The second kappa shape index (κ2) is 6.42. The molecule has 0 amide bonds.